The molecule has 1 heterocycles. The number of hydrogen-bond donors (Lipinski definition) is 0. The maximum absolute atomic E-state index is 12.0. The standard InChI is InChI=1S/C19H26N4O4/c1-4-11-23-18(20-21-22-23)14-27-19(24)10-8-15-7-9-16(26-12-5-2)17(13-15)25-6-3/h7-10,13H,4-6,11-12,14H2,1-3H3/b10-8+. The van der Waals surface area contributed by atoms with Crippen LogP contribution in [0, 0.1) is 0 Å². The molecule has 1 aromatic carbocycles. The third-order valence-corrected chi connectivity index (χ3v) is 3.53. The SMILES string of the molecule is CCCOc1ccc(/C=C/C(=O)OCc2nnnn2CCC)cc1OCC. The highest BCUT2D eigenvalue weighted by Gasteiger charge is 2.08. The van der Waals surface area contributed by atoms with Gasteiger partial charge in [-0.3, -0.25) is 0 Å². The third kappa shape index (κ3) is 6.40. The van der Waals surface area contributed by atoms with Gasteiger partial charge in [-0.1, -0.05) is 19.9 Å². The predicted octanol–water partition coefficient (Wildman–Crippen LogP) is 3.03. The predicted molar refractivity (Wildman–Crippen MR) is 100 cm³/mol. The molecule has 27 heavy (non-hydrogen) atoms. The van der Waals surface area contributed by atoms with Gasteiger partial charge >= 0.3 is 5.97 Å². The maximum atomic E-state index is 12.0. The topological polar surface area (TPSA) is 88.4 Å². The Morgan fingerprint density at radius 1 is 1.15 bits per heavy atom. The highest BCUT2D eigenvalue weighted by molar-refractivity contribution is 5.87. The van der Waals surface area contributed by atoms with Gasteiger partial charge in [0.25, 0.3) is 0 Å². The first kappa shape index (κ1) is 20.4. The number of rotatable bonds is 11. The van der Waals surface area contributed by atoms with E-state index in [0.717, 1.165) is 18.4 Å². The fourth-order valence-corrected chi connectivity index (χ4v) is 2.29. The summed E-state index contributed by atoms with van der Waals surface area (Å²) in [5.41, 5.74) is 0.815. The number of carbonyl (C=O) groups is 1. The second-order valence-corrected chi connectivity index (χ2v) is 5.75. The van der Waals surface area contributed by atoms with E-state index in [9.17, 15) is 4.79 Å². The molecule has 0 atom stereocenters. The Labute approximate surface area is 159 Å². The summed E-state index contributed by atoms with van der Waals surface area (Å²) in [5, 5.41) is 11.3. The van der Waals surface area contributed by atoms with E-state index in [1.807, 2.05) is 39.0 Å². The lowest BCUT2D eigenvalue weighted by Gasteiger charge is -2.12. The molecule has 0 fully saturated rings. The molecule has 8 heteroatoms. The fraction of sp³-hybridized carbons (Fsp3) is 0.474. The fourth-order valence-electron chi connectivity index (χ4n) is 2.29. The minimum absolute atomic E-state index is 0.0319. The first-order valence-electron chi connectivity index (χ1n) is 9.17. The van der Waals surface area contributed by atoms with E-state index in [1.54, 1.807) is 10.8 Å². The second kappa shape index (κ2) is 10.9. The van der Waals surface area contributed by atoms with Crippen LogP contribution < -0.4 is 9.47 Å². The number of ether oxygens (including phenoxy) is 3. The van der Waals surface area contributed by atoms with Crippen LogP contribution in [-0.2, 0) is 22.7 Å². The van der Waals surface area contributed by atoms with Gasteiger partial charge in [0.1, 0.15) is 0 Å². The molecule has 0 aliphatic rings. The van der Waals surface area contributed by atoms with Crippen molar-refractivity contribution in [1.29, 1.82) is 0 Å². The maximum Gasteiger partial charge on any atom is 0.331 e. The zero-order chi connectivity index (χ0) is 19.5. The number of carbonyl (C=O) groups excluding carboxylic acids is 1. The van der Waals surface area contributed by atoms with E-state index in [2.05, 4.69) is 15.5 Å². The van der Waals surface area contributed by atoms with E-state index < -0.39 is 5.97 Å². The number of benzene rings is 1. The Balaban J connectivity index is 1.96. The Morgan fingerprint density at radius 3 is 2.74 bits per heavy atom. The van der Waals surface area contributed by atoms with Crippen LogP contribution in [0.3, 0.4) is 0 Å². The molecule has 8 nitrogen and oxygen atoms in total. The van der Waals surface area contributed by atoms with Crippen molar-refractivity contribution in [3.63, 3.8) is 0 Å². The van der Waals surface area contributed by atoms with Crippen molar-refractivity contribution < 1.29 is 19.0 Å². The van der Waals surface area contributed by atoms with Gasteiger partial charge < -0.3 is 14.2 Å². The van der Waals surface area contributed by atoms with E-state index in [0.29, 0.717) is 37.1 Å². The Bertz CT molecular complexity index is 758. The first-order valence-corrected chi connectivity index (χ1v) is 9.17. The zero-order valence-electron chi connectivity index (χ0n) is 16.1. The molecule has 0 spiro atoms. The molecular weight excluding hydrogens is 348 g/mol. The second-order valence-electron chi connectivity index (χ2n) is 5.75. The summed E-state index contributed by atoms with van der Waals surface area (Å²) in [6.07, 6.45) is 4.85. The van der Waals surface area contributed by atoms with Gasteiger partial charge in [0.15, 0.2) is 23.9 Å². The van der Waals surface area contributed by atoms with Crippen LogP contribution in [0.1, 0.15) is 45.0 Å². The quantitative estimate of drug-likeness (QED) is 0.441. The minimum Gasteiger partial charge on any atom is -0.490 e. The summed E-state index contributed by atoms with van der Waals surface area (Å²) in [4.78, 5) is 12.0. The van der Waals surface area contributed by atoms with Crippen LogP contribution in [0.25, 0.3) is 6.08 Å². The van der Waals surface area contributed by atoms with Crippen LogP contribution >= 0.6 is 0 Å². The number of hydrogen-bond acceptors (Lipinski definition) is 7. The zero-order valence-corrected chi connectivity index (χ0v) is 16.1. The van der Waals surface area contributed by atoms with E-state index in [-0.39, 0.29) is 6.61 Å². The summed E-state index contributed by atoms with van der Waals surface area (Å²) >= 11 is 0. The van der Waals surface area contributed by atoms with Crippen molar-refractivity contribution in [3.05, 3.63) is 35.7 Å². The van der Waals surface area contributed by atoms with E-state index >= 15 is 0 Å². The van der Waals surface area contributed by atoms with Gasteiger partial charge in [0, 0.05) is 12.6 Å². The lowest BCUT2D eigenvalue weighted by Crippen LogP contribution is -2.09. The summed E-state index contributed by atoms with van der Waals surface area (Å²) in [5.74, 6) is 1.40. The molecule has 2 rings (SSSR count). The molecule has 0 N–H and O–H groups in total. The van der Waals surface area contributed by atoms with Crippen LogP contribution in [0.4, 0.5) is 0 Å². The molecule has 0 bridgehead atoms. The number of tetrazole rings is 1. The van der Waals surface area contributed by atoms with Crippen molar-refractivity contribution in [2.24, 2.45) is 0 Å². The van der Waals surface area contributed by atoms with Crippen LogP contribution in [0.15, 0.2) is 24.3 Å². The number of esters is 1. The highest BCUT2D eigenvalue weighted by Crippen LogP contribution is 2.29. The van der Waals surface area contributed by atoms with E-state index in [4.69, 9.17) is 14.2 Å². The molecule has 0 aliphatic carbocycles. The van der Waals surface area contributed by atoms with Gasteiger partial charge in [0.05, 0.1) is 13.2 Å². The summed E-state index contributed by atoms with van der Waals surface area (Å²) in [6.45, 7) is 7.85. The van der Waals surface area contributed by atoms with Gasteiger partial charge in [0.2, 0.25) is 0 Å². The molecular formula is C19H26N4O4. The van der Waals surface area contributed by atoms with Crippen LogP contribution in [0.5, 0.6) is 11.5 Å². The molecule has 0 radical (unpaired) electrons. The van der Waals surface area contributed by atoms with Gasteiger partial charge in [-0.15, -0.1) is 5.10 Å². The minimum atomic E-state index is -0.467. The molecule has 0 saturated carbocycles. The molecule has 0 unspecified atom stereocenters. The molecule has 0 amide bonds. The van der Waals surface area contributed by atoms with Crippen molar-refractivity contribution in [2.45, 2.75) is 46.8 Å². The Hall–Kier alpha value is -2.90. The summed E-state index contributed by atoms with van der Waals surface area (Å²) in [7, 11) is 0. The molecule has 2 aromatic rings. The van der Waals surface area contributed by atoms with Crippen LogP contribution in [0.2, 0.25) is 0 Å². The van der Waals surface area contributed by atoms with Crippen LogP contribution in [-0.4, -0.2) is 39.4 Å². The summed E-state index contributed by atoms with van der Waals surface area (Å²) < 4.78 is 18.1. The monoisotopic (exact) mass is 374 g/mol. The van der Waals surface area contributed by atoms with Crippen molar-refractivity contribution >= 4 is 12.0 Å². The lowest BCUT2D eigenvalue weighted by atomic mass is 10.2. The largest absolute Gasteiger partial charge is 0.490 e. The lowest BCUT2D eigenvalue weighted by molar-refractivity contribution is -0.139. The normalized spacial score (nSPS) is 10.9. The number of aromatic nitrogens is 4. The van der Waals surface area contributed by atoms with Gasteiger partial charge in [-0.05, 0) is 54.0 Å². The summed E-state index contributed by atoms with van der Waals surface area (Å²) in [6, 6.07) is 5.53. The molecule has 1 aromatic heterocycles. The Kier molecular flexibility index (Phi) is 8.28. The molecule has 0 saturated heterocycles. The van der Waals surface area contributed by atoms with Crippen molar-refractivity contribution in [3.8, 4) is 11.5 Å². The molecule has 146 valence electrons. The van der Waals surface area contributed by atoms with Gasteiger partial charge in [-0.2, -0.15) is 0 Å². The van der Waals surface area contributed by atoms with Gasteiger partial charge in [-0.25, -0.2) is 9.48 Å². The average molecular weight is 374 g/mol. The number of nitrogens with zero attached hydrogens (tertiary/aromatic N) is 4. The third-order valence-electron chi connectivity index (χ3n) is 3.53. The van der Waals surface area contributed by atoms with Crippen molar-refractivity contribution in [1.82, 2.24) is 20.2 Å². The van der Waals surface area contributed by atoms with E-state index in [1.165, 1.54) is 6.08 Å². The first-order chi connectivity index (χ1) is 13.2. The number of aryl methyl sites for hydroxylation is 1. The highest BCUT2D eigenvalue weighted by atomic mass is 16.5. The molecule has 0 aliphatic heterocycles. The van der Waals surface area contributed by atoms with Crippen molar-refractivity contribution in [2.75, 3.05) is 13.2 Å². The Morgan fingerprint density at radius 2 is 2.00 bits per heavy atom. The average Bonchev–Trinajstić information content (AvgIpc) is 3.11. The smallest absolute Gasteiger partial charge is 0.331 e.